The summed E-state index contributed by atoms with van der Waals surface area (Å²) in [5.74, 6) is 0. The van der Waals surface area contributed by atoms with E-state index in [0.29, 0.717) is 6.42 Å². The summed E-state index contributed by atoms with van der Waals surface area (Å²) in [6.07, 6.45) is 0.181. The molecule has 0 fully saturated rings. The molecular weight excluding hydrogens is 170 g/mol. The molecule has 68 valence electrons. The number of thiophene rings is 1. The highest BCUT2D eigenvalue weighted by molar-refractivity contribution is 7.07. The fourth-order valence-corrected chi connectivity index (χ4v) is 1.79. The van der Waals surface area contributed by atoms with Crippen molar-refractivity contribution in [2.75, 3.05) is 0 Å². The van der Waals surface area contributed by atoms with E-state index in [2.05, 4.69) is 0 Å². The molecule has 1 atom stereocenters. The molecule has 0 aromatic carbocycles. The maximum Gasteiger partial charge on any atom is 0.0815 e. The standard InChI is InChI=1S/C9H15NOS/c1-9(2,10)5-8(11)7-3-4-12-6-7/h3-4,6,8,11H,5,10H2,1-2H3. The third-order valence-corrected chi connectivity index (χ3v) is 2.35. The third-order valence-electron chi connectivity index (χ3n) is 1.65. The van der Waals surface area contributed by atoms with Gasteiger partial charge in [0.1, 0.15) is 0 Å². The van der Waals surface area contributed by atoms with E-state index in [-0.39, 0.29) is 5.54 Å². The number of hydrogen-bond acceptors (Lipinski definition) is 3. The molecule has 1 heterocycles. The number of aliphatic hydroxyl groups excluding tert-OH is 1. The van der Waals surface area contributed by atoms with E-state index in [0.717, 1.165) is 5.56 Å². The van der Waals surface area contributed by atoms with Crippen LogP contribution >= 0.6 is 11.3 Å². The molecule has 0 spiro atoms. The lowest BCUT2D eigenvalue weighted by atomic mass is 9.95. The molecule has 0 saturated heterocycles. The van der Waals surface area contributed by atoms with Gasteiger partial charge in [-0.15, -0.1) is 0 Å². The van der Waals surface area contributed by atoms with Crippen LogP contribution in [0.5, 0.6) is 0 Å². The minimum Gasteiger partial charge on any atom is -0.388 e. The topological polar surface area (TPSA) is 46.2 Å². The van der Waals surface area contributed by atoms with E-state index in [4.69, 9.17) is 5.73 Å². The maximum atomic E-state index is 9.67. The molecule has 0 amide bonds. The van der Waals surface area contributed by atoms with Crippen molar-refractivity contribution < 1.29 is 5.11 Å². The summed E-state index contributed by atoms with van der Waals surface area (Å²) in [5, 5.41) is 13.6. The van der Waals surface area contributed by atoms with E-state index >= 15 is 0 Å². The average molecular weight is 185 g/mol. The molecule has 0 saturated carbocycles. The highest BCUT2D eigenvalue weighted by Crippen LogP contribution is 2.23. The molecule has 0 aliphatic carbocycles. The first-order chi connectivity index (χ1) is 5.49. The molecule has 1 aromatic rings. The summed E-state index contributed by atoms with van der Waals surface area (Å²) in [6, 6.07) is 1.93. The molecule has 0 radical (unpaired) electrons. The first kappa shape index (κ1) is 9.71. The average Bonchev–Trinajstić information content (AvgIpc) is 2.32. The van der Waals surface area contributed by atoms with Crippen molar-refractivity contribution in [2.24, 2.45) is 5.73 Å². The molecule has 3 N–H and O–H groups in total. The molecule has 0 aliphatic heterocycles. The predicted molar refractivity (Wildman–Crippen MR) is 52.2 cm³/mol. The minimum absolute atomic E-state index is 0.304. The van der Waals surface area contributed by atoms with E-state index in [1.54, 1.807) is 11.3 Å². The van der Waals surface area contributed by atoms with E-state index in [9.17, 15) is 5.11 Å². The van der Waals surface area contributed by atoms with Gasteiger partial charge in [0.05, 0.1) is 6.10 Å². The van der Waals surface area contributed by atoms with Crippen LogP contribution in [0, 0.1) is 0 Å². The molecule has 3 heteroatoms. The van der Waals surface area contributed by atoms with Gasteiger partial charge in [-0.2, -0.15) is 11.3 Å². The Bertz CT molecular complexity index is 225. The van der Waals surface area contributed by atoms with Crippen LogP contribution in [0.25, 0.3) is 0 Å². The molecule has 1 aromatic heterocycles. The van der Waals surface area contributed by atoms with Crippen LogP contribution in [-0.2, 0) is 0 Å². The molecule has 0 aliphatic rings. The Balaban J connectivity index is 2.56. The highest BCUT2D eigenvalue weighted by atomic mass is 32.1. The van der Waals surface area contributed by atoms with Crippen molar-refractivity contribution in [3.8, 4) is 0 Å². The van der Waals surface area contributed by atoms with Gasteiger partial charge in [0.25, 0.3) is 0 Å². The van der Waals surface area contributed by atoms with Gasteiger partial charge < -0.3 is 10.8 Å². The summed E-state index contributed by atoms with van der Waals surface area (Å²) < 4.78 is 0. The van der Waals surface area contributed by atoms with Crippen molar-refractivity contribution in [1.29, 1.82) is 0 Å². The molecule has 2 nitrogen and oxygen atoms in total. The van der Waals surface area contributed by atoms with Crippen LogP contribution in [0.4, 0.5) is 0 Å². The summed E-state index contributed by atoms with van der Waals surface area (Å²) in [4.78, 5) is 0. The summed E-state index contributed by atoms with van der Waals surface area (Å²) in [5.41, 5.74) is 6.45. The van der Waals surface area contributed by atoms with Crippen molar-refractivity contribution >= 4 is 11.3 Å². The molecule has 1 unspecified atom stereocenters. The van der Waals surface area contributed by atoms with Crippen LogP contribution in [-0.4, -0.2) is 10.6 Å². The predicted octanol–water partition coefficient (Wildman–Crippen LogP) is 1.91. The normalized spacial score (nSPS) is 14.7. The lowest BCUT2D eigenvalue weighted by Gasteiger charge is -2.21. The van der Waals surface area contributed by atoms with Gasteiger partial charge >= 0.3 is 0 Å². The Labute approximate surface area is 77.0 Å². The van der Waals surface area contributed by atoms with Gasteiger partial charge in [-0.05, 0) is 42.7 Å². The zero-order chi connectivity index (χ0) is 9.19. The quantitative estimate of drug-likeness (QED) is 0.755. The van der Waals surface area contributed by atoms with Crippen molar-refractivity contribution in [3.63, 3.8) is 0 Å². The Hall–Kier alpha value is -0.380. The molecule has 0 bridgehead atoms. The van der Waals surface area contributed by atoms with Crippen molar-refractivity contribution in [1.82, 2.24) is 0 Å². The van der Waals surface area contributed by atoms with Crippen LogP contribution in [0.3, 0.4) is 0 Å². The summed E-state index contributed by atoms with van der Waals surface area (Å²) in [7, 11) is 0. The van der Waals surface area contributed by atoms with Gasteiger partial charge in [-0.1, -0.05) is 0 Å². The molecular formula is C9H15NOS. The zero-order valence-electron chi connectivity index (χ0n) is 7.45. The fraction of sp³-hybridized carbons (Fsp3) is 0.556. The summed E-state index contributed by atoms with van der Waals surface area (Å²) >= 11 is 1.59. The van der Waals surface area contributed by atoms with E-state index in [1.807, 2.05) is 30.7 Å². The van der Waals surface area contributed by atoms with Gasteiger partial charge in [0, 0.05) is 5.54 Å². The lowest BCUT2D eigenvalue weighted by molar-refractivity contribution is 0.142. The minimum atomic E-state index is -0.420. The van der Waals surface area contributed by atoms with Gasteiger partial charge in [0.2, 0.25) is 0 Å². The van der Waals surface area contributed by atoms with Crippen molar-refractivity contribution in [2.45, 2.75) is 31.9 Å². The first-order valence-corrected chi connectivity index (χ1v) is 4.92. The van der Waals surface area contributed by atoms with Gasteiger partial charge in [-0.3, -0.25) is 0 Å². The van der Waals surface area contributed by atoms with Crippen molar-refractivity contribution in [3.05, 3.63) is 22.4 Å². The SMILES string of the molecule is CC(C)(N)CC(O)c1ccsc1. The first-order valence-electron chi connectivity index (χ1n) is 3.98. The fourth-order valence-electron chi connectivity index (χ4n) is 1.08. The Kier molecular flexibility index (Phi) is 2.88. The van der Waals surface area contributed by atoms with Gasteiger partial charge in [0.15, 0.2) is 0 Å². The maximum absolute atomic E-state index is 9.67. The van der Waals surface area contributed by atoms with E-state index in [1.165, 1.54) is 0 Å². The van der Waals surface area contributed by atoms with Crippen LogP contribution < -0.4 is 5.73 Å². The second-order valence-electron chi connectivity index (χ2n) is 3.77. The third kappa shape index (κ3) is 2.93. The van der Waals surface area contributed by atoms with Crippen LogP contribution in [0.15, 0.2) is 16.8 Å². The largest absolute Gasteiger partial charge is 0.388 e. The number of aliphatic hydroxyl groups is 1. The lowest BCUT2D eigenvalue weighted by Crippen LogP contribution is -2.33. The van der Waals surface area contributed by atoms with Crippen LogP contribution in [0.2, 0.25) is 0 Å². The Morgan fingerprint density at radius 3 is 2.75 bits per heavy atom. The van der Waals surface area contributed by atoms with Crippen LogP contribution in [0.1, 0.15) is 31.9 Å². The highest BCUT2D eigenvalue weighted by Gasteiger charge is 2.18. The van der Waals surface area contributed by atoms with E-state index < -0.39 is 6.10 Å². The second-order valence-corrected chi connectivity index (χ2v) is 4.55. The smallest absolute Gasteiger partial charge is 0.0815 e. The Morgan fingerprint density at radius 2 is 2.33 bits per heavy atom. The number of rotatable bonds is 3. The molecule has 1 rings (SSSR count). The summed E-state index contributed by atoms with van der Waals surface area (Å²) in [6.45, 7) is 3.84. The number of hydrogen-bond donors (Lipinski definition) is 2. The van der Waals surface area contributed by atoms with Gasteiger partial charge in [-0.25, -0.2) is 0 Å². The Morgan fingerprint density at radius 1 is 1.67 bits per heavy atom. The molecule has 12 heavy (non-hydrogen) atoms. The zero-order valence-corrected chi connectivity index (χ0v) is 8.27. The number of nitrogens with two attached hydrogens (primary N) is 1. The monoisotopic (exact) mass is 185 g/mol. The second kappa shape index (κ2) is 3.56.